The third kappa shape index (κ3) is 3.63. The molecule has 7 heteroatoms. The number of carbonyl (C=O) groups excluding carboxylic acids is 1. The van der Waals surface area contributed by atoms with E-state index < -0.39 is 10.8 Å². The van der Waals surface area contributed by atoms with E-state index in [1.165, 1.54) is 30.5 Å². The van der Waals surface area contributed by atoms with Crippen LogP contribution in [0.2, 0.25) is 0 Å². The van der Waals surface area contributed by atoms with Crippen molar-refractivity contribution in [3.05, 3.63) is 69.8 Å². The molecule has 2 aromatic rings. The van der Waals surface area contributed by atoms with Gasteiger partial charge in [-0.15, -0.1) is 0 Å². The lowest BCUT2D eigenvalue weighted by atomic mass is 10.2. The van der Waals surface area contributed by atoms with Crippen LogP contribution in [0.25, 0.3) is 0 Å². The van der Waals surface area contributed by atoms with Gasteiger partial charge in [0.05, 0.1) is 16.7 Å². The number of hydrogen-bond acceptors (Lipinski definition) is 5. The number of nitrogens with one attached hydrogen (secondary N) is 1. The van der Waals surface area contributed by atoms with Gasteiger partial charge < -0.3 is 5.73 Å². The van der Waals surface area contributed by atoms with Crippen LogP contribution in [-0.4, -0.2) is 17.0 Å². The van der Waals surface area contributed by atoms with Crippen molar-refractivity contribution in [1.82, 2.24) is 5.43 Å². The quantitative estimate of drug-likeness (QED) is 0.387. The zero-order chi connectivity index (χ0) is 15.2. The summed E-state index contributed by atoms with van der Waals surface area (Å²) in [4.78, 5) is 21.8. The second kappa shape index (κ2) is 6.29. The minimum absolute atomic E-state index is 0.00625. The van der Waals surface area contributed by atoms with E-state index in [2.05, 4.69) is 10.5 Å². The Morgan fingerprint density at radius 2 is 1.86 bits per heavy atom. The summed E-state index contributed by atoms with van der Waals surface area (Å²) in [5.41, 5.74) is 9.33. The largest absolute Gasteiger partial charge is 0.398 e. The third-order valence-electron chi connectivity index (χ3n) is 2.69. The van der Waals surface area contributed by atoms with Gasteiger partial charge in [-0.05, 0) is 29.8 Å². The first kappa shape index (κ1) is 14.2. The first-order valence-corrected chi connectivity index (χ1v) is 6.00. The lowest BCUT2D eigenvalue weighted by molar-refractivity contribution is -0.384. The molecule has 0 fully saturated rings. The molecule has 0 aliphatic heterocycles. The van der Waals surface area contributed by atoms with Gasteiger partial charge in [-0.25, -0.2) is 5.43 Å². The molecule has 106 valence electrons. The van der Waals surface area contributed by atoms with E-state index in [9.17, 15) is 14.9 Å². The zero-order valence-electron chi connectivity index (χ0n) is 10.9. The highest BCUT2D eigenvalue weighted by Gasteiger charge is 2.07. The minimum atomic E-state index is -0.485. The molecular weight excluding hydrogens is 272 g/mol. The highest BCUT2D eigenvalue weighted by atomic mass is 16.6. The van der Waals surface area contributed by atoms with Crippen LogP contribution >= 0.6 is 0 Å². The molecule has 0 saturated carbocycles. The molecular formula is C14H12N4O3. The number of nitrogens with two attached hydrogens (primary N) is 1. The van der Waals surface area contributed by atoms with Gasteiger partial charge in [-0.2, -0.15) is 5.10 Å². The maximum absolute atomic E-state index is 11.8. The summed E-state index contributed by atoms with van der Waals surface area (Å²) in [6, 6.07) is 12.4. The first-order valence-electron chi connectivity index (χ1n) is 6.00. The second-order valence-electron chi connectivity index (χ2n) is 4.14. The number of non-ortho nitro benzene ring substituents is 1. The van der Waals surface area contributed by atoms with Crippen molar-refractivity contribution in [2.45, 2.75) is 0 Å². The van der Waals surface area contributed by atoms with E-state index in [-0.39, 0.29) is 5.69 Å². The van der Waals surface area contributed by atoms with Gasteiger partial charge in [0.1, 0.15) is 0 Å². The molecule has 7 nitrogen and oxygen atoms in total. The van der Waals surface area contributed by atoms with Gasteiger partial charge in [0.25, 0.3) is 11.6 Å². The van der Waals surface area contributed by atoms with Crippen LogP contribution in [0.4, 0.5) is 11.4 Å². The molecule has 0 aliphatic rings. The number of nitrogens with zero attached hydrogens (tertiary/aromatic N) is 2. The lowest BCUT2D eigenvalue weighted by Crippen LogP contribution is -2.18. The number of nitro benzene ring substituents is 1. The number of anilines is 1. The summed E-state index contributed by atoms with van der Waals surface area (Å²) in [5, 5.41) is 14.3. The van der Waals surface area contributed by atoms with E-state index in [0.717, 1.165) is 0 Å². The minimum Gasteiger partial charge on any atom is -0.398 e. The van der Waals surface area contributed by atoms with Crippen LogP contribution < -0.4 is 11.2 Å². The summed E-state index contributed by atoms with van der Waals surface area (Å²) in [6.45, 7) is 0. The predicted octanol–water partition coefficient (Wildman–Crippen LogP) is 1.94. The molecule has 0 radical (unpaired) electrons. The van der Waals surface area contributed by atoms with Gasteiger partial charge in [-0.1, -0.05) is 12.1 Å². The lowest BCUT2D eigenvalue weighted by Gasteiger charge is -2.02. The number of amides is 1. The summed E-state index contributed by atoms with van der Waals surface area (Å²) in [5.74, 6) is -0.425. The third-order valence-corrected chi connectivity index (χ3v) is 2.69. The standard InChI is InChI=1S/C14H12N4O3/c15-13-4-2-1-3-12(13)14(19)17-16-9-10-5-7-11(8-6-10)18(20)21/h1-9H,15H2,(H,17,19)/b16-9+. The molecule has 2 aromatic carbocycles. The highest BCUT2D eigenvalue weighted by molar-refractivity contribution is 5.99. The Labute approximate surface area is 120 Å². The monoisotopic (exact) mass is 284 g/mol. The molecule has 1 amide bonds. The summed E-state index contributed by atoms with van der Waals surface area (Å²) >= 11 is 0. The van der Waals surface area contributed by atoms with Gasteiger partial charge in [0.2, 0.25) is 0 Å². The zero-order valence-corrected chi connectivity index (χ0v) is 10.9. The number of hydrogen-bond donors (Lipinski definition) is 2. The van der Waals surface area contributed by atoms with Crippen molar-refractivity contribution in [1.29, 1.82) is 0 Å². The molecule has 0 bridgehead atoms. The Kier molecular flexibility index (Phi) is 4.25. The molecule has 2 rings (SSSR count). The van der Waals surface area contributed by atoms with Crippen molar-refractivity contribution in [3.63, 3.8) is 0 Å². The Hall–Kier alpha value is -3.22. The Morgan fingerprint density at radius 3 is 2.48 bits per heavy atom. The SMILES string of the molecule is Nc1ccccc1C(=O)N/N=C/c1ccc([N+](=O)[O-])cc1. The van der Waals surface area contributed by atoms with Crippen LogP contribution in [0, 0.1) is 10.1 Å². The summed E-state index contributed by atoms with van der Waals surface area (Å²) in [6.07, 6.45) is 1.39. The van der Waals surface area contributed by atoms with Gasteiger partial charge in [0.15, 0.2) is 0 Å². The first-order chi connectivity index (χ1) is 10.1. The Morgan fingerprint density at radius 1 is 1.19 bits per heavy atom. The highest BCUT2D eigenvalue weighted by Crippen LogP contribution is 2.11. The van der Waals surface area contributed by atoms with Crippen LogP contribution in [0.3, 0.4) is 0 Å². The average Bonchev–Trinajstić information content (AvgIpc) is 2.48. The van der Waals surface area contributed by atoms with Gasteiger partial charge in [0, 0.05) is 17.8 Å². The fraction of sp³-hybridized carbons (Fsp3) is 0. The molecule has 0 heterocycles. The van der Waals surface area contributed by atoms with Crippen LogP contribution in [0.5, 0.6) is 0 Å². The van der Waals surface area contributed by atoms with Crippen molar-refractivity contribution in [2.24, 2.45) is 5.10 Å². The fourth-order valence-electron chi connectivity index (χ4n) is 1.61. The summed E-state index contributed by atoms with van der Waals surface area (Å²) < 4.78 is 0. The van der Waals surface area contributed by atoms with Crippen LogP contribution in [0.15, 0.2) is 53.6 Å². The second-order valence-corrected chi connectivity index (χ2v) is 4.14. The number of rotatable bonds is 4. The maximum Gasteiger partial charge on any atom is 0.273 e. The van der Waals surface area contributed by atoms with Crippen LogP contribution in [0.1, 0.15) is 15.9 Å². The maximum atomic E-state index is 11.8. The smallest absolute Gasteiger partial charge is 0.273 e. The van der Waals surface area contributed by atoms with E-state index in [4.69, 9.17) is 5.73 Å². The molecule has 3 N–H and O–H groups in total. The topological polar surface area (TPSA) is 111 Å². The Bertz CT molecular complexity index is 696. The molecule has 0 atom stereocenters. The number of nitro groups is 1. The molecule has 0 saturated heterocycles. The van der Waals surface area contributed by atoms with E-state index in [1.54, 1.807) is 24.3 Å². The normalized spacial score (nSPS) is 10.5. The number of benzene rings is 2. The van der Waals surface area contributed by atoms with E-state index in [1.807, 2.05) is 0 Å². The van der Waals surface area contributed by atoms with Crippen molar-refractivity contribution >= 4 is 23.5 Å². The van der Waals surface area contributed by atoms with Crippen LogP contribution in [-0.2, 0) is 0 Å². The number of hydrazone groups is 1. The van der Waals surface area contributed by atoms with Crippen molar-refractivity contribution < 1.29 is 9.72 Å². The number of nitrogen functional groups attached to an aromatic ring is 1. The molecule has 0 aliphatic carbocycles. The number of carbonyl (C=O) groups is 1. The molecule has 0 unspecified atom stereocenters. The Balaban J connectivity index is 2.01. The summed E-state index contributed by atoms with van der Waals surface area (Å²) in [7, 11) is 0. The molecule has 0 aromatic heterocycles. The van der Waals surface area contributed by atoms with E-state index in [0.29, 0.717) is 16.8 Å². The van der Waals surface area contributed by atoms with Crippen molar-refractivity contribution in [2.75, 3.05) is 5.73 Å². The average molecular weight is 284 g/mol. The predicted molar refractivity (Wildman–Crippen MR) is 79.0 cm³/mol. The van der Waals surface area contributed by atoms with Crippen molar-refractivity contribution in [3.8, 4) is 0 Å². The van der Waals surface area contributed by atoms with Gasteiger partial charge in [-0.3, -0.25) is 14.9 Å². The fourth-order valence-corrected chi connectivity index (χ4v) is 1.61. The molecule has 0 spiro atoms. The van der Waals surface area contributed by atoms with Gasteiger partial charge >= 0.3 is 0 Å². The van der Waals surface area contributed by atoms with E-state index >= 15 is 0 Å². The number of para-hydroxylation sites is 1. The molecule has 21 heavy (non-hydrogen) atoms.